The molecule has 1 aromatic heterocycles. The normalized spacial score (nSPS) is 12.2. The van der Waals surface area contributed by atoms with Crippen molar-refractivity contribution in [2.45, 2.75) is 25.7 Å². The molecule has 0 aliphatic rings. The summed E-state index contributed by atoms with van der Waals surface area (Å²) in [4.78, 5) is 29.1. The van der Waals surface area contributed by atoms with Gasteiger partial charge in [0.1, 0.15) is 5.82 Å². The standard InChI is InChI=1S/C30H28FN3O4/c1-18(20-8-6-5-7-9-20)17-33-29(35)30(36)34-21-10-11-23(25(31)14-21)19(2)22-12-13-32-26-16-28(38-4)27(37-3)15-24(22)26/h6,8-16,18-19H,17H2,1-4H3,(H,33,35)(H,34,36). The largest absolute Gasteiger partial charge is 0.493 e. The Morgan fingerprint density at radius 3 is 2.42 bits per heavy atom. The minimum absolute atomic E-state index is 0.0128. The Bertz CT molecular complexity index is 1460. The van der Waals surface area contributed by atoms with E-state index >= 15 is 4.39 Å². The van der Waals surface area contributed by atoms with Crippen LogP contribution in [0.4, 0.5) is 10.1 Å². The summed E-state index contributed by atoms with van der Waals surface area (Å²) in [5.41, 5.74) is 3.14. The summed E-state index contributed by atoms with van der Waals surface area (Å²) < 4.78 is 26.0. The van der Waals surface area contributed by atoms with E-state index < -0.39 is 17.6 Å². The second-order valence-corrected chi connectivity index (χ2v) is 8.91. The maximum absolute atomic E-state index is 15.2. The summed E-state index contributed by atoms with van der Waals surface area (Å²) in [6.45, 7) is 4.08. The van der Waals surface area contributed by atoms with Gasteiger partial charge in [-0.25, -0.2) is 4.39 Å². The van der Waals surface area contributed by atoms with Gasteiger partial charge >= 0.3 is 11.8 Å². The van der Waals surface area contributed by atoms with Crippen molar-refractivity contribution in [2.75, 3.05) is 26.1 Å². The maximum atomic E-state index is 15.2. The van der Waals surface area contributed by atoms with Crippen LogP contribution in [0.15, 0.2) is 60.8 Å². The van der Waals surface area contributed by atoms with E-state index in [1.54, 1.807) is 50.7 Å². The Morgan fingerprint density at radius 2 is 1.74 bits per heavy atom. The lowest BCUT2D eigenvalue weighted by Gasteiger charge is -2.18. The third-order valence-electron chi connectivity index (χ3n) is 6.50. The van der Waals surface area contributed by atoms with E-state index in [1.165, 1.54) is 6.07 Å². The predicted molar refractivity (Wildman–Crippen MR) is 143 cm³/mol. The monoisotopic (exact) mass is 513 g/mol. The number of rotatable bonds is 8. The highest BCUT2D eigenvalue weighted by Gasteiger charge is 2.20. The topological polar surface area (TPSA) is 89.5 Å². The Balaban J connectivity index is 1.47. The summed E-state index contributed by atoms with van der Waals surface area (Å²) in [5, 5.41) is 5.89. The summed E-state index contributed by atoms with van der Waals surface area (Å²) in [6, 6.07) is 20.9. The molecule has 194 valence electrons. The van der Waals surface area contributed by atoms with Crippen LogP contribution >= 0.6 is 0 Å². The molecule has 0 aliphatic carbocycles. The molecule has 4 aromatic rings. The first-order valence-corrected chi connectivity index (χ1v) is 12.1. The zero-order valence-corrected chi connectivity index (χ0v) is 21.6. The van der Waals surface area contributed by atoms with Crippen molar-refractivity contribution in [3.8, 4) is 11.5 Å². The number of nitrogens with one attached hydrogen (secondary N) is 2. The van der Waals surface area contributed by atoms with Gasteiger partial charge in [-0.1, -0.05) is 32.0 Å². The van der Waals surface area contributed by atoms with Crippen LogP contribution in [0.2, 0.25) is 0 Å². The van der Waals surface area contributed by atoms with Crippen LogP contribution in [0.25, 0.3) is 10.9 Å². The van der Waals surface area contributed by atoms with E-state index in [2.05, 4.69) is 27.8 Å². The molecule has 0 radical (unpaired) electrons. The molecule has 0 spiro atoms. The lowest BCUT2D eigenvalue weighted by atomic mass is 9.90. The first kappa shape index (κ1) is 26.4. The lowest BCUT2D eigenvalue weighted by molar-refractivity contribution is -0.136. The second-order valence-electron chi connectivity index (χ2n) is 8.91. The van der Waals surface area contributed by atoms with Crippen LogP contribution in [0, 0.1) is 17.9 Å². The summed E-state index contributed by atoms with van der Waals surface area (Å²) in [7, 11) is 3.11. The molecule has 2 unspecified atom stereocenters. The molecule has 0 aliphatic heterocycles. The zero-order valence-electron chi connectivity index (χ0n) is 21.6. The number of halogens is 1. The van der Waals surface area contributed by atoms with Crippen LogP contribution < -0.4 is 20.1 Å². The van der Waals surface area contributed by atoms with Crippen LogP contribution in [-0.2, 0) is 9.59 Å². The number of aromatic nitrogens is 1. The van der Waals surface area contributed by atoms with Crippen molar-refractivity contribution in [2.24, 2.45) is 0 Å². The number of hydrogen-bond acceptors (Lipinski definition) is 5. The predicted octanol–water partition coefficient (Wildman–Crippen LogP) is 5.00. The molecule has 2 atom stereocenters. The van der Waals surface area contributed by atoms with E-state index in [-0.39, 0.29) is 24.1 Å². The molecule has 38 heavy (non-hydrogen) atoms. The fourth-order valence-electron chi connectivity index (χ4n) is 4.29. The van der Waals surface area contributed by atoms with E-state index in [1.807, 2.05) is 32.0 Å². The minimum Gasteiger partial charge on any atom is -0.493 e. The summed E-state index contributed by atoms with van der Waals surface area (Å²) in [6.07, 6.45) is 1.67. The fourth-order valence-corrected chi connectivity index (χ4v) is 4.29. The van der Waals surface area contributed by atoms with E-state index in [0.29, 0.717) is 22.6 Å². The van der Waals surface area contributed by atoms with E-state index in [0.717, 1.165) is 16.5 Å². The van der Waals surface area contributed by atoms with Crippen molar-refractivity contribution in [3.63, 3.8) is 0 Å². The summed E-state index contributed by atoms with van der Waals surface area (Å²) >= 11 is 0. The van der Waals surface area contributed by atoms with Crippen molar-refractivity contribution < 1.29 is 23.5 Å². The van der Waals surface area contributed by atoms with Gasteiger partial charge in [0.15, 0.2) is 11.5 Å². The third kappa shape index (κ3) is 5.68. The Labute approximate surface area is 221 Å². The minimum atomic E-state index is -0.869. The number of amides is 2. The molecule has 7 nitrogen and oxygen atoms in total. The van der Waals surface area contributed by atoms with Crippen molar-refractivity contribution in [1.82, 2.24) is 10.3 Å². The zero-order chi connectivity index (χ0) is 27.2. The van der Waals surface area contributed by atoms with Gasteiger partial charge in [0.25, 0.3) is 0 Å². The summed E-state index contributed by atoms with van der Waals surface area (Å²) in [5.74, 6) is -1.41. The van der Waals surface area contributed by atoms with Gasteiger partial charge in [0, 0.05) is 35.8 Å². The van der Waals surface area contributed by atoms with Gasteiger partial charge in [0.05, 0.1) is 19.7 Å². The second kappa shape index (κ2) is 11.6. The molecule has 8 heteroatoms. The number of pyridine rings is 1. The molecule has 3 aromatic carbocycles. The number of fused-ring (bicyclic) bond motifs is 1. The molecule has 1 heterocycles. The lowest BCUT2D eigenvalue weighted by Crippen LogP contribution is -2.37. The fraction of sp³-hybridized carbons (Fsp3) is 0.233. The molecule has 0 saturated carbocycles. The Hall–Kier alpha value is -4.64. The van der Waals surface area contributed by atoms with Gasteiger partial charge in [-0.15, -0.1) is 0 Å². The number of methoxy groups -OCH3 is 2. The van der Waals surface area contributed by atoms with Crippen molar-refractivity contribution >= 4 is 28.4 Å². The molecule has 0 fully saturated rings. The third-order valence-corrected chi connectivity index (χ3v) is 6.50. The van der Waals surface area contributed by atoms with Crippen molar-refractivity contribution in [1.29, 1.82) is 0 Å². The molecular weight excluding hydrogens is 485 g/mol. The number of carbonyl (C=O) groups is 2. The SMILES string of the molecule is COc1cc2nccc(C(C)c3ccc(NC(=O)C(=O)NCC(C)c4cc#ccc4)cc3F)c2cc1OC. The van der Waals surface area contributed by atoms with Gasteiger partial charge in [-0.05, 0) is 65.1 Å². The van der Waals surface area contributed by atoms with Gasteiger partial charge in [0.2, 0.25) is 0 Å². The Morgan fingerprint density at radius 1 is 0.974 bits per heavy atom. The number of nitrogens with zero attached hydrogens (tertiary/aromatic N) is 1. The molecule has 4 rings (SSSR count). The van der Waals surface area contributed by atoms with Crippen LogP contribution in [0.5, 0.6) is 11.5 Å². The molecular formula is C30H28FN3O4. The van der Waals surface area contributed by atoms with Gasteiger partial charge in [-0.3, -0.25) is 14.6 Å². The molecule has 0 saturated heterocycles. The van der Waals surface area contributed by atoms with Crippen LogP contribution in [0.1, 0.15) is 42.4 Å². The average Bonchev–Trinajstić information content (AvgIpc) is 2.94. The van der Waals surface area contributed by atoms with E-state index in [4.69, 9.17) is 9.47 Å². The maximum Gasteiger partial charge on any atom is 0.313 e. The molecule has 2 amide bonds. The number of anilines is 1. The van der Waals surface area contributed by atoms with Crippen LogP contribution in [-0.4, -0.2) is 37.6 Å². The molecule has 2 N–H and O–H groups in total. The molecule has 0 bridgehead atoms. The quantitative estimate of drug-likeness (QED) is 0.324. The van der Waals surface area contributed by atoms with Gasteiger partial charge < -0.3 is 20.1 Å². The van der Waals surface area contributed by atoms with E-state index in [9.17, 15) is 9.59 Å². The highest BCUT2D eigenvalue weighted by atomic mass is 19.1. The number of ether oxygens (including phenoxy) is 2. The smallest absolute Gasteiger partial charge is 0.313 e. The number of benzene rings is 2. The highest BCUT2D eigenvalue weighted by molar-refractivity contribution is 6.39. The highest BCUT2D eigenvalue weighted by Crippen LogP contribution is 2.37. The van der Waals surface area contributed by atoms with Crippen LogP contribution in [0.3, 0.4) is 0 Å². The first-order valence-electron chi connectivity index (χ1n) is 12.1. The first-order chi connectivity index (χ1) is 18.3. The van der Waals surface area contributed by atoms with Gasteiger partial charge in [-0.2, -0.15) is 0 Å². The Kier molecular flexibility index (Phi) is 8.07. The number of carbonyl (C=O) groups excluding carboxylic acids is 2. The van der Waals surface area contributed by atoms with Crippen molar-refractivity contribution in [3.05, 3.63) is 95.4 Å². The number of hydrogen-bond donors (Lipinski definition) is 2. The average molecular weight is 514 g/mol.